The largest absolute Gasteiger partial charge is 0.397 e. The second kappa shape index (κ2) is 6.12. The van der Waals surface area contributed by atoms with E-state index in [2.05, 4.69) is 37.4 Å². The number of anilines is 2. The summed E-state index contributed by atoms with van der Waals surface area (Å²) in [5, 5.41) is 3.68. The third-order valence-corrected chi connectivity index (χ3v) is 4.32. The SMILES string of the molecule is CCC(Nc1cccc(C)c1N)C1CCCCC1. The Balaban J connectivity index is 2.07. The fraction of sp³-hybridized carbons (Fsp3) is 0.625. The van der Waals surface area contributed by atoms with Crippen LogP contribution in [0.1, 0.15) is 51.0 Å². The van der Waals surface area contributed by atoms with Crippen LogP contribution < -0.4 is 11.1 Å². The van der Waals surface area contributed by atoms with Crippen molar-refractivity contribution < 1.29 is 0 Å². The van der Waals surface area contributed by atoms with Gasteiger partial charge in [-0.2, -0.15) is 0 Å². The minimum atomic E-state index is 0.578. The van der Waals surface area contributed by atoms with Gasteiger partial charge in [0, 0.05) is 6.04 Å². The normalized spacial score (nSPS) is 18.6. The molecule has 2 nitrogen and oxygen atoms in total. The average molecular weight is 246 g/mol. The molecule has 0 saturated heterocycles. The van der Waals surface area contributed by atoms with Crippen LogP contribution >= 0.6 is 0 Å². The van der Waals surface area contributed by atoms with Gasteiger partial charge in [-0.1, -0.05) is 38.3 Å². The van der Waals surface area contributed by atoms with Crippen molar-refractivity contribution in [2.45, 2.75) is 58.4 Å². The maximum Gasteiger partial charge on any atom is 0.0579 e. The van der Waals surface area contributed by atoms with Gasteiger partial charge in [-0.3, -0.25) is 0 Å². The zero-order valence-electron chi connectivity index (χ0n) is 11.7. The molecule has 1 aliphatic rings. The number of benzene rings is 1. The minimum absolute atomic E-state index is 0.578. The lowest BCUT2D eigenvalue weighted by molar-refractivity contribution is 0.313. The summed E-state index contributed by atoms with van der Waals surface area (Å²) < 4.78 is 0. The van der Waals surface area contributed by atoms with Gasteiger partial charge in [0.25, 0.3) is 0 Å². The van der Waals surface area contributed by atoms with Crippen LogP contribution in [0.4, 0.5) is 11.4 Å². The zero-order chi connectivity index (χ0) is 13.0. The van der Waals surface area contributed by atoms with Gasteiger partial charge >= 0.3 is 0 Å². The average Bonchev–Trinajstić information content (AvgIpc) is 2.41. The summed E-state index contributed by atoms with van der Waals surface area (Å²) in [6, 6.07) is 6.84. The van der Waals surface area contributed by atoms with E-state index in [0.717, 1.165) is 17.3 Å². The van der Waals surface area contributed by atoms with E-state index in [0.29, 0.717) is 6.04 Å². The summed E-state index contributed by atoms with van der Waals surface area (Å²) in [6.07, 6.45) is 8.13. The first kappa shape index (κ1) is 13.3. The van der Waals surface area contributed by atoms with Gasteiger partial charge < -0.3 is 11.1 Å². The Bertz CT molecular complexity index is 381. The standard InChI is InChI=1S/C16H26N2/c1-3-14(13-9-5-4-6-10-13)18-15-11-7-8-12(2)16(15)17/h7-8,11,13-14,18H,3-6,9-10,17H2,1-2H3. The van der Waals surface area contributed by atoms with Crippen LogP contribution in [0.5, 0.6) is 0 Å². The van der Waals surface area contributed by atoms with Crippen molar-refractivity contribution in [1.29, 1.82) is 0 Å². The van der Waals surface area contributed by atoms with Crippen molar-refractivity contribution in [2.75, 3.05) is 11.1 Å². The quantitative estimate of drug-likeness (QED) is 0.775. The Hall–Kier alpha value is -1.18. The maximum absolute atomic E-state index is 6.15. The molecule has 0 aliphatic heterocycles. The van der Waals surface area contributed by atoms with Crippen LogP contribution in [0.2, 0.25) is 0 Å². The number of nitrogens with one attached hydrogen (secondary N) is 1. The van der Waals surface area contributed by atoms with Gasteiger partial charge in [-0.05, 0) is 43.7 Å². The molecule has 1 aromatic carbocycles. The molecule has 0 spiro atoms. The van der Waals surface area contributed by atoms with Gasteiger partial charge in [0.15, 0.2) is 0 Å². The Morgan fingerprint density at radius 2 is 2.00 bits per heavy atom. The Kier molecular flexibility index (Phi) is 4.51. The van der Waals surface area contributed by atoms with Crippen LogP contribution in [-0.2, 0) is 0 Å². The second-order valence-corrected chi connectivity index (χ2v) is 5.59. The summed E-state index contributed by atoms with van der Waals surface area (Å²) in [6.45, 7) is 4.35. The molecule has 1 aromatic rings. The Morgan fingerprint density at radius 1 is 1.28 bits per heavy atom. The fourth-order valence-electron chi connectivity index (χ4n) is 3.10. The number of hydrogen-bond acceptors (Lipinski definition) is 2. The Morgan fingerprint density at radius 3 is 2.67 bits per heavy atom. The number of nitrogens with two attached hydrogens (primary N) is 1. The van der Waals surface area contributed by atoms with Crippen LogP contribution in [0, 0.1) is 12.8 Å². The summed E-state index contributed by atoms with van der Waals surface area (Å²) in [5.74, 6) is 0.823. The molecule has 1 aliphatic carbocycles. The van der Waals surface area contributed by atoms with E-state index < -0.39 is 0 Å². The van der Waals surface area contributed by atoms with E-state index in [1.807, 2.05) is 0 Å². The van der Waals surface area contributed by atoms with E-state index in [1.165, 1.54) is 44.1 Å². The van der Waals surface area contributed by atoms with Crippen molar-refractivity contribution in [2.24, 2.45) is 5.92 Å². The summed E-state index contributed by atoms with van der Waals surface area (Å²) in [5.41, 5.74) is 9.34. The summed E-state index contributed by atoms with van der Waals surface area (Å²) in [7, 11) is 0. The van der Waals surface area contributed by atoms with Crippen molar-refractivity contribution in [1.82, 2.24) is 0 Å². The highest BCUT2D eigenvalue weighted by Crippen LogP contribution is 2.31. The van der Waals surface area contributed by atoms with Crippen LogP contribution in [-0.4, -0.2) is 6.04 Å². The lowest BCUT2D eigenvalue weighted by Crippen LogP contribution is -2.30. The monoisotopic (exact) mass is 246 g/mol. The third-order valence-electron chi connectivity index (χ3n) is 4.32. The van der Waals surface area contributed by atoms with Gasteiger partial charge in [-0.15, -0.1) is 0 Å². The Labute approximate surface area is 111 Å². The molecule has 3 N–H and O–H groups in total. The molecular weight excluding hydrogens is 220 g/mol. The molecule has 100 valence electrons. The molecule has 2 rings (SSSR count). The third kappa shape index (κ3) is 2.98. The smallest absolute Gasteiger partial charge is 0.0579 e. The second-order valence-electron chi connectivity index (χ2n) is 5.59. The van der Waals surface area contributed by atoms with E-state index >= 15 is 0 Å². The molecule has 0 aromatic heterocycles. The van der Waals surface area contributed by atoms with E-state index in [9.17, 15) is 0 Å². The van der Waals surface area contributed by atoms with Crippen molar-refractivity contribution in [3.63, 3.8) is 0 Å². The summed E-state index contributed by atoms with van der Waals surface area (Å²) in [4.78, 5) is 0. The van der Waals surface area contributed by atoms with Crippen LogP contribution in [0.15, 0.2) is 18.2 Å². The molecule has 0 amide bonds. The molecule has 1 unspecified atom stereocenters. The predicted molar refractivity (Wildman–Crippen MR) is 79.9 cm³/mol. The van der Waals surface area contributed by atoms with Crippen LogP contribution in [0.3, 0.4) is 0 Å². The highest BCUT2D eigenvalue weighted by atomic mass is 14.9. The number of hydrogen-bond donors (Lipinski definition) is 2. The molecule has 1 saturated carbocycles. The maximum atomic E-state index is 6.15. The number of rotatable bonds is 4. The molecule has 0 bridgehead atoms. The molecule has 0 radical (unpaired) electrons. The highest BCUT2D eigenvalue weighted by molar-refractivity contribution is 5.69. The van der Waals surface area contributed by atoms with Crippen LogP contribution in [0.25, 0.3) is 0 Å². The van der Waals surface area contributed by atoms with Gasteiger partial charge in [0.1, 0.15) is 0 Å². The number of nitrogen functional groups attached to an aromatic ring is 1. The molecule has 2 heteroatoms. The van der Waals surface area contributed by atoms with E-state index in [-0.39, 0.29) is 0 Å². The first-order chi connectivity index (χ1) is 8.72. The predicted octanol–water partition coefficient (Wildman–Crippen LogP) is 4.35. The minimum Gasteiger partial charge on any atom is -0.397 e. The van der Waals surface area contributed by atoms with Gasteiger partial charge in [-0.25, -0.2) is 0 Å². The molecule has 0 heterocycles. The molecule has 1 fully saturated rings. The van der Waals surface area contributed by atoms with Crippen molar-refractivity contribution >= 4 is 11.4 Å². The van der Waals surface area contributed by atoms with E-state index in [4.69, 9.17) is 5.73 Å². The molecule has 18 heavy (non-hydrogen) atoms. The first-order valence-electron chi connectivity index (χ1n) is 7.34. The molecular formula is C16H26N2. The lowest BCUT2D eigenvalue weighted by atomic mass is 9.83. The first-order valence-corrected chi connectivity index (χ1v) is 7.34. The molecule has 1 atom stereocenters. The fourth-order valence-corrected chi connectivity index (χ4v) is 3.10. The lowest BCUT2D eigenvalue weighted by Gasteiger charge is -2.31. The highest BCUT2D eigenvalue weighted by Gasteiger charge is 2.22. The number of para-hydroxylation sites is 1. The number of aryl methyl sites for hydroxylation is 1. The summed E-state index contributed by atoms with van der Waals surface area (Å²) >= 11 is 0. The zero-order valence-corrected chi connectivity index (χ0v) is 11.7. The van der Waals surface area contributed by atoms with Crippen molar-refractivity contribution in [3.8, 4) is 0 Å². The van der Waals surface area contributed by atoms with Gasteiger partial charge in [0.2, 0.25) is 0 Å². The van der Waals surface area contributed by atoms with Crippen molar-refractivity contribution in [3.05, 3.63) is 23.8 Å². The van der Waals surface area contributed by atoms with Gasteiger partial charge in [0.05, 0.1) is 11.4 Å². The van der Waals surface area contributed by atoms with E-state index in [1.54, 1.807) is 0 Å². The topological polar surface area (TPSA) is 38.0 Å².